The minimum absolute atomic E-state index is 0.0421. The second kappa shape index (κ2) is 11.3. The van der Waals surface area contributed by atoms with E-state index in [9.17, 15) is 4.79 Å². The van der Waals surface area contributed by atoms with Gasteiger partial charge in [0.2, 0.25) is 5.95 Å². The predicted octanol–water partition coefficient (Wildman–Crippen LogP) is 5.78. The summed E-state index contributed by atoms with van der Waals surface area (Å²) in [5.74, 6) is 1.51. The molecule has 1 aromatic heterocycles. The van der Waals surface area contributed by atoms with E-state index in [2.05, 4.69) is 38.3 Å². The van der Waals surface area contributed by atoms with Crippen molar-refractivity contribution in [3.63, 3.8) is 0 Å². The molecule has 0 spiro atoms. The third-order valence-corrected chi connectivity index (χ3v) is 6.99. The van der Waals surface area contributed by atoms with Crippen molar-refractivity contribution in [2.75, 3.05) is 19.0 Å². The van der Waals surface area contributed by atoms with Crippen LogP contribution < -0.4 is 14.8 Å². The number of allylic oxidation sites excluding steroid dienone is 1. The molecule has 2 aliphatic rings. The van der Waals surface area contributed by atoms with Gasteiger partial charge in [0.15, 0.2) is 11.5 Å². The SMILES string of the molecule is CCCCCOc1c(Br)cc(C2C(C(=O)OC3CCCCC3)=C(C)Nc3ncnn32)cc1OC. The van der Waals surface area contributed by atoms with E-state index in [1.807, 2.05) is 19.1 Å². The summed E-state index contributed by atoms with van der Waals surface area (Å²) in [6.07, 6.45) is 9.86. The highest BCUT2D eigenvalue weighted by molar-refractivity contribution is 9.10. The number of fused-ring (bicyclic) bond motifs is 1. The zero-order chi connectivity index (χ0) is 24.1. The Morgan fingerprint density at radius 1 is 1.24 bits per heavy atom. The first-order chi connectivity index (χ1) is 16.5. The van der Waals surface area contributed by atoms with E-state index < -0.39 is 6.04 Å². The van der Waals surface area contributed by atoms with Crippen molar-refractivity contribution in [3.8, 4) is 11.5 Å². The van der Waals surface area contributed by atoms with Crippen LogP contribution in [0.15, 0.2) is 34.2 Å². The summed E-state index contributed by atoms with van der Waals surface area (Å²) < 4.78 is 20.2. The highest BCUT2D eigenvalue weighted by Crippen LogP contribution is 2.43. The fourth-order valence-corrected chi connectivity index (χ4v) is 5.20. The van der Waals surface area contributed by atoms with Gasteiger partial charge in [0.25, 0.3) is 0 Å². The van der Waals surface area contributed by atoms with Gasteiger partial charge in [0.1, 0.15) is 18.5 Å². The highest BCUT2D eigenvalue weighted by Gasteiger charge is 2.36. The number of carbonyl (C=O) groups is 1. The van der Waals surface area contributed by atoms with Crippen LogP contribution in [0.4, 0.5) is 5.95 Å². The summed E-state index contributed by atoms with van der Waals surface area (Å²) in [5.41, 5.74) is 2.06. The monoisotopic (exact) mass is 532 g/mol. The lowest BCUT2D eigenvalue weighted by Gasteiger charge is -2.30. The van der Waals surface area contributed by atoms with Crippen LogP contribution in [0.1, 0.15) is 76.8 Å². The molecule has 184 valence electrons. The summed E-state index contributed by atoms with van der Waals surface area (Å²) in [6.45, 7) is 4.65. The summed E-state index contributed by atoms with van der Waals surface area (Å²) in [6, 6.07) is 3.36. The van der Waals surface area contributed by atoms with Gasteiger partial charge in [-0.1, -0.05) is 26.2 Å². The lowest BCUT2D eigenvalue weighted by Crippen LogP contribution is -2.32. The van der Waals surface area contributed by atoms with E-state index in [4.69, 9.17) is 14.2 Å². The Labute approximate surface area is 209 Å². The predicted molar refractivity (Wildman–Crippen MR) is 133 cm³/mol. The molecule has 0 radical (unpaired) electrons. The van der Waals surface area contributed by atoms with Crippen LogP contribution in [-0.2, 0) is 9.53 Å². The number of nitrogens with one attached hydrogen (secondary N) is 1. The summed E-state index contributed by atoms with van der Waals surface area (Å²) >= 11 is 3.66. The minimum atomic E-state index is -0.505. The van der Waals surface area contributed by atoms with E-state index in [0.29, 0.717) is 35.3 Å². The van der Waals surface area contributed by atoms with E-state index in [1.165, 1.54) is 12.7 Å². The molecular formula is C25H33BrN4O4. The quantitative estimate of drug-likeness (QED) is 0.323. The Kier molecular flexibility index (Phi) is 8.13. The molecule has 1 aliphatic carbocycles. The second-order valence-electron chi connectivity index (χ2n) is 8.85. The van der Waals surface area contributed by atoms with Crippen LogP contribution in [0.3, 0.4) is 0 Å². The van der Waals surface area contributed by atoms with Crippen LogP contribution in [0.25, 0.3) is 0 Å². The Morgan fingerprint density at radius 3 is 2.76 bits per heavy atom. The Morgan fingerprint density at radius 2 is 2.03 bits per heavy atom. The van der Waals surface area contributed by atoms with E-state index in [1.54, 1.807) is 11.8 Å². The van der Waals surface area contributed by atoms with Crippen molar-refractivity contribution < 1.29 is 19.0 Å². The Hall–Kier alpha value is -2.55. The largest absolute Gasteiger partial charge is 0.493 e. The van der Waals surface area contributed by atoms with Gasteiger partial charge in [0.05, 0.1) is 23.8 Å². The number of unbranched alkanes of at least 4 members (excludes halogenated alkanes) is 2. The van der Waals surface area contributed by atoms with Gasteiger partial charge in [-0.05, 0) is 72.7 Å². The van der Waals surface area contributed by atoms with Crippen molar-refractivity contribution >= 4 is 27.8 Å². The summed E-state index contributed by atoms with van der Waals surface area (Å²) in [4.78, 5) is 17.8. The number of benzene rings is 1. The van der Waals surface area contributed by atoms with E-state index >= 15 is 0 Å². The Balaban J connectivity index is 1.68. The normalized spacial score (nSPS) is 18.3. The molecule has 4 rings (SSSR count). The smallest absolute Gasteiger partial charge is 0.338 e. The molecule has 9 heteroatoms. The van der Waals surface area contributed by atoms with Gasteiger partial charge in [-0.15, -0.1) is 0 Å². The number of rotatable bonds is 9. The molecule has 1 fully saturated rings. The van der Waals surface area contributed by atoms with Crippen molar-refractivity contribution in [3.05, 3.63) is 39.8 Å². The maximum atomic E-state index is 13.5. The first-order valence-corrected chi connectivity index (χ1v) is 12.9. The third-order valence-electron chi connectivity index (χ3n) is 6.40. The lowest BCUT2D eigenvalue weighted by molar-refractivity contribution is -0.146. The zero-order valence-corrected chi connectivity index (χ0v) is 21.7. The number of hydrogen-bond acceptors (Lipinski definition) is 7. The maximum Gasteiger partial charge on any atom is 0.338 e. The highest BCUT2D eigenvalue weighted by atomic mass is 79.9. The molecule has 0 bridgehead atoms. The van der Waals surface area contributed by atoms with E-state index in [0.717, 1.165) is 55.0 Å². The molecule has 34 heavy (non-hydrogen) atoms. The topological polar surface area (TPSA) is 87.5 Å². The van der Waals surface area contributed by atoms with Crippen LogP contribution in [0.5, 0.6) is 11.5 Å². The first kappa shape index (κ1) is 24.6. The number of esters is 1. The number of aromatic nitrogens is 3. The molecular weight excluding hydrogens is 500 g/mol. The summed E-state index contributed by atoms with van der Waals surface area (Å²) in [5, 5.41) is 7.62. The first-order valence-electron chi connectivity index (χ1n) is 12.1. The lowest BCUT2D eigenvalue weighted by atomic mass is 9.94. The van der Waals surface area contributed by atoms with Gasteiger partial charge in [-0.2, -0.15) is 10.1 Å². The number of halogens is 1. The van der Waals surface area contributed by atoms with Crippen LogP contribution >= 0.6 is 15.9 Å². The zero-order valence-electron chi connectivity index (χ0n) is 20.1. The molecule has 1 aliphatic heterocycles. The van der Waals surface area contributed by atoms with Gasteiger partial charge in [-0.25, -0.2) is 9.48 Å². The molecule has 2 aromatic rings. The number of methoxy groups -OCH3 is 1. The van der Waals surface area contributed by atoms with Crippen molar-refractivity contribution in [2.45, 2.75) is 77.4 Å². The van der Waals surface area contributed by atoms with Gasteiger partial charge >= 0.3 is 5.97 Å². The van der Waals surface area contributed by atoms with Crippen molar-refractivity contribution in [1.29, 1.82) is 0 Å². The van der Waals surface area contributed by atoms with Crippen molar-refractivity contribution in [2.24, 2.45) is 0 Å². The van der Waals surface area contributed by atoms with Crippen molar-refractivity contribution in [1.82, 2.24) is 14.8 Å². The maximum absolute atomic E-state index is 13.5. The van der Waals surface area contributed by atoms with Gasteiger partial charge in [-0.3, -0.25) is 0 Å². The molecule has 1 N–H and O–H groups in total. The van der Waals surface area contributed by atoms with Crippen LogP contribution in [-0.4, -0.2) is 40.6 Å². The summed E-state index contributed by atoms with van der Waals surface area (Å²) in [7, 11) is 1.62. The standard InChI is InChI=1S/C25H33BrN4O4/c1-4-5-9-12-33-23-19(26)13-17(14-20(23)32-3)22-21(16(2)29-25-27-15-28-30(22)25)24(31)34-18-10-7-6-8-11-18/h13-15,18,22H,4-12H2,1-3H3,(H,27,28,29). The second-order valence-corrected chi connectivity index (χ2v) is 9.70. The fourth-order valence-electron chi connectivity index (χ4n) is 4.63. The number of ether oxygens (including phenoxy) is 3. The molecule has 1 saturated carbocycles. The van der Waals surface area contributed by atoms with Gasteiger partial charge in [0, 0.05) is 5.70 Å². The Bertz CT molecular complexity index is 1050. The average molecular weight is 533 g/mol. The number of nitrogens with zero attached hydrogens (tertiary/aromatic N) is 3. The molecule has 1 aromatic carbocycles. The fraction of sp³-hybridized carbons (Fsp3) is 0.560. The molecule has 0 saturated heterocycles. The molecule has 1 atom stereocenters. The molecule has 1 unspecified atom stereocenters. The number of hydrogen-bond donors (Lipinski definition) is 1. The van der Waals surface area contributed by atoms with E-state index in [-0.39, 0.29) is 12.1 Å². The average Bonchev–Trinajstić information content (AvgIpc) is 3.30. The van der Waals surface area contributed by atoms with Crippen LogP contribution in [0, 0.1) is 0 Å². The number of anilines is 1. The minimum Gasteiger partial charge on any atom is -0.493 e. The molecule has 8 nitrogen and oxygen atoms in total. The third kappa shape index (κ3) is 5.24. The number of carbonyl (C=O) groups excluding carboxylic acids is 1. The molecule has 0 amide bonds. The molecule has 2 heterocycles. The van der Waals surface area contributed by atoms with Crippen LogP contribution in [0.2, 0.25) is 0 Å². The van der Waals surface area contributed by atoms with Gasteiger partial charge < -0.3 is 19.5 Å².